The number of rotatable bonds is 3. The first-order valence-corrected chi connectivity index (χ1v) is 8.53. The maximum Gasteiger partial charge on any atom is 0.159 e. The molecule has 7 nitrogen and oxygen atoms in total. The van der Waals surface area contributed by atoms with Crippen LogP contribution in [0.5, 0.6) is 0 Å². The van der Waals surface area contributed by atoms with Gasteiger partial charge in [-0.25, -0.2) is 0 Å². The number of hydrogen-bond donors (Lipinski definition) is 3. The molecule has 3 N–H and O–H groups in total. The van der Waals surface area contributed by atoms with Crippen LogP contribution in [0.2, 0.25) is 0 Å². The fourth-order valence-corrected chi connectivity index (χ4v) is 3.89. The van der Waals surface area contributed by atoms with E-state index in [1.807, 2.05) is 32.2 Å². The molecule has 2 aliphatic rings. The van der Waals surface area contributed by atoms with Crippen molar-refractivity contribution in [3.8, 4) is 0 Å². The number of hydrogen-bond acceptors (Lipinski definition) is 7. The van der Waals surface area contributed by atoms with Crippen LogP contribution in [0.25, 0.3) is 0 Å². The number of piperazine rings is 1. The summed E-state index contributed by atoms with van der Waals surface area (Å²) in [5, 5.41) is 15.1. The molecule has 0 saturated carbocycles. The second-order valence-corrected chi connectivity index (χ2v) is 6.48. The van der Waals surface area contributed by atoms with Gasteiger partial charge in [-0.05, 0) is 26.0 Å². The van der Waals surface area contributed by atoms with Gasteiger partial charge in [0.1, 0.15) is 5.76 Å². The topological polar surface area (TPSA) is 78.2 Å². The second-order valence-electron chi connectivity index (χ2n) is 6.48. The molecule has 0 aliphatic carbocycles. The third-order valence-electron chi connectivity index (χ3n) is 4.98. The van der Waals surface area contributed by atoms with E-state index < -0.39 is 5.79 Å². The van der Waals surface area contributed by atoms with Gasteiger partial charge in [-0.1, -0.05) is 11.2 Å². The molecule has 0 aromatic carbocycles. The van der Waals surface area contributed by atoms with E-state index in [1.165, 1.54) is 0 Å². The summed E-state index contributed by atoms with van der Waals surface area (Å²) in [5.74, 6) is 0.394. The fraction of sp³-hybridized carbons (Fsp3) is 0.529. The molecule has 0 bridgehead atoms. The average Bonchev–Trinajstić information content (AvgIpc) is 3.21. The molecule has 0 radical (unpaired) electrons. The Morgan fingerprint density at radius 1 is 1.25 bits per heavy atom. The Morgan fingerprint density at radius 2 is 2.08 bits per heavy atom. The van der Waals surface area contributed by atoms with Crippen molar-refractivity contribution in [2.24, 2.45) is 0 Å². The van der Waals surface area contributed by atoms with Crippen molar-refractivity contribution in [3.63, 3.8) is 0 Å². The van der Waals surface area contributed by atoms with Crippen LogP contribution in [0.15, 0.2) is 28.9 Å². The summed E-state index contributed by atoms with van der Waals surface area (Å²) in [7, 11) is 0. The van der Waals surface area contributed by atoms with Gasteiger partial charge in [-0.3, -0.25) is 20.5 Å². The van der Waals surface area contributed by atoms with Gasteiger partial charge in [0.25, 0.3) is 0 Å². The predicted octanol–water partition coefficient (Wildman–Crippen LogP) is 0.636. The van der Waals surface area contributed by atoms with Crippen molar-refractivity contribution in [1.82, 2.24) is 31.0 Å². The molecule has 2 aliphatic heterocycles. The van der Waals surface area contributed by atoms with Crippen molar-refractivity contribution in [3.05, 3.63) is 47.1 Å². The lowest BCUT2D eigenvalue weighted by molar-refractivity contribution is 0.0312. The standard InChI is InChI=1S/C17H24N6O/c1-12-16(13(2)24-22-12)17(23-9-7-18-8-10-23)20-11-15(21-17)14-5-3-4-6-19-14/h3-6,15,18,20-21H,7-11H2,1-2H3/t15?,17-/m0/s1. The van der Waals surface area contributed by atoms with Gasteiger partial charge in [0, 0.05) is 38.9 Å². The first-order chi connectivity index (χ1) is 11.7. The van der Waals surface area contributed by atoms with Crippen LogP contribution in [0, 0.1) is 13.8 Å². The Morgan fingerprint density at radius 3 is 2.75 bits per heavy atom. The second kappa shape index (κ2) is 6.25. The van der Waals surface area contributed by atoms with Crippen molar-refractivity contribution in [1.29, 1.82) is 0 Å². The first-order valence-electron chi connectivity index (χ1n) is 8.53. The third-order valence-corrected chi connectivity index (χ3v) is 4.98. The van der Waals surface area contributed by atoms with E-state index in [-0.39, 0.29) is 6.04 Å². The van der Waals surface area contributed by atoms with Crippen molar-refractivity contribution in [2.75, 3.05) is 32.7 Å². The van der Waals surface area contributed by atoms with Gasteiger partial charge in [0.15, 0.2) is 5.79 Å². The molecule has 0 amide bonds. The van der Waals surface area contributed by atoms with Gasteiger partial charge in [0.05, 0.1) is 23.0 Å². The Balaban J connectivity index is 1.73. The minimum absolute atomic E-state index is 0.148. The zero-order valence-electron chi connectivity index (χ0n) is 14.2. The highest BCUT2D eigenvalue weighted by Crippen LogP contribution is 2.35. The van der Waals surface area contributed by atoms with Crippen LogP contribution in [0.4, 0.5) is 0 Å². The summed E-state index contributed by atoms with van der Waals surface area (Å²) in [5.41, 5.74) is 3.07. The Bertz CT molecular complexity index is 677. The highest BCUT2D eigenvalue weighted by molar-refractivity contribution is 5.32. The lowest BCUT2D eigenvalue weighted by Crippen LogP contribution is -2.64. The number of nitrogens with one attached hydrogen (secondary N) is 3. The molecule has 2 aromatic rings. The van der Waals surface area contributed by atoms with Crippen LogP contribution in [0.3, 0.4) is 0 Å². The molecule has 1 unspecified atom stereocenters. The highest BCUT2D eigenvalue weighted by Gasteiger charge is 2.48. The smallest absolute Gasteiger partial charge is 0.159 e. The highest BCUT2D eigenvalue weighted by atomic mass is 16.5. The average molecular weight is 328 g/mol. The molecule has 4 heterocycles. The summed E-state index contributed by atoms with van der Waals surface area (Å²) in [4.78, 5) is 6.97. The van der Waals surface area contributed by atoms with E-state index in [2.05, 4.69) is 37.1 Å². The molecule has 4 rings (SSSR count). The van der Waals surface area contributed by atoms with Crippen LogP contribution >= 0.6 is 0 Å². The van der Waals surface area contributed by atoms with Crippen LogP contribution in [0.1, 0.15) is 28.8 Å². The molecule has 24 heavy (non-hydrogen) atoms. The van der Waals surface area contributed by atoms with Gasteiger partial charge in [-0.15, -0.1) is 0 Å². The van der Waals surface area contributed by atoms with E-state index in [1.54, 1.807) is 0 Å². The third kappa shape index (κ3) is 2.53. The fourth-order valence-electron chi connectivity index (χ4n) is 3.89. The van der Waals surface area contributed by atoms with Gasteiger partial charge in [-0.2, -0.15) is 0 Å². The monoisotopic (exact) mass is 328 g/mol. The molecule has 2 aromatic heterocycles. The Kier molecular flexibility index (Phi) is 4.09. The number of nitrogens with zero attached hydrogens (tertiary/aromatic N) is 3. The SMILES string of the molecule is Cc1noc(C)c1[C@]1(N2CCNCC2)NCC(c2ccccn2)N1. The minimum atomic E-state index is -0.460. The maximum absolute atomic E-state index is 5.48. The summed E-state index contributed by atoms with van der Waals surface area (Å²) >= 11 is 0. The van der Waals surface area contributed by atoms with Crippen molar-refractivity contribution < 1.29 is 4.52 Å². The lowest BCUT2D eigenvalue weighted by atomic mass is 10.0. The van der Waals surface area contributed by atoms with E-state index in [0.717, 1.165) is 55.4 Å². The predicted molar refractivity (Wildman–Crippen MR) is 90.2 cm³/mol. The van der Waals surface area contributed by atoms with Crippen molar-refractivity contribution >= 4 is 0 Å². The van der Waals surface area contributed by atoms with E-state index in [0.29, 0.717) is 0 Å². The number of aromatic nitrogens is 2. The summed E-state index contributed by atoms with van der Waals surface area (Å²) in [6.45, 7) is 8.67. The lowest BCUT2D eigenvalue weighted by Gasteiger charge is -2.43. The zero-order valence-corrected chi connectivity index (χ0v) is 14.2. The van der Waals surface area contributed by atoms with E-state index >= 15 is 0 Å². The molecular formula is C17H24N6O. The molecule has 0 spiro atoms. The van der Waals surface area contributed by atoms with Gasteiger partial charge in [0.2, 0.25) is 0 Å². The van der Waals surface area contributed by atoms with E-state index in [9.17, 15) is 0 Å². The van der Waals surface area contributed by atoms with E-state index in [4.69, 9.17) is 4.52 Å². The van der Waals surface area contributed by atoms with Gasteiger partial charge >= 0.3 is 0 Å². The zero-order chi connectivity index (χ0) is 16.6. The molecular weight excluding hydrogens is 304 g/mol. The molecule has 2 saturated heterocycles. The van der Waals surface area contributed by atoms with Crippen LogP contribution < -0.4 is 16.0 Å². The first kappa shape index (κ1) is 15.7. The molecule has 128 valence electrons. The molecule has 2 atom stereocenters. The number of pyridine rings is 1. The quantitative estimate of drug-likeness (QED) is 0.763. The number of aryl methyl sites for hydroxylation is 2. The van der Waals surface area contributed by atoms with Crippen molar-refractivity contribution in [2.45, 2.75) is 25.7 Å². The Labute approximate surface area is 141 Å². The normalized spacial score (nSPS) is 28.3. The largest absolute Gasteiger partial charge is 0.361 e. The molecule has 2 fully saturated rings. The summed E-state index contributed by atoms with van der Waals surface area (Å²) in [6.07, 6.45) is 1.84. The summed E-state index contributed by atoms with van der Waals surface area (Å²) in [6, 6.07) is 6.20. The maximum atomic E-state index is 5.48. The Hall–Kier alpha value is -1.80. The van der Waals surface area contributed by atoms with Crippen LogP contribution in [-0.4, -0.2) is 47.8 Å². The van der Waals surface area contributed by atoms with Gasteiger partial charge < -0.3 is 9.84 Å². The minimum Gasteiger partial charge on any atom is -0.361 e. The summed E-state index contributed by atoms with van der Waals surface area (Å²) < 4.78 is 5.48. The molecule has 7 heteroatoms. The van der Waals surface area contributed by atoms with Crippen LogP contribution in [-0.2, 0) is 5.79 Å².